The van der Waals surface area contributed by atoms with Crippen molar-refractivity contribution in [3.05, 3.63) is 15.5 Å². The molecule has 1 aromatic rings. The van der Waals surface area contributed by atoms with Gasteiger partial charge in [0, 0.05) is 17.5 Å². The highest BCUT2D eigenvalue weighted by atomic mass is 32.1. The van der Waals surface area contributed by atoms with Gasteiger partial charge >= 0.3 is 4.87 Å². The Morgan fingerprint density at radius 2 is 2.21 bits per heavy atom. The van der Waals surface area contributed by atoms with E-state index in [1.807, 2.05) is 0 Å². The van der Waals surface area contributed by atoms with E-state index in [1.54, 1.807) is 0 Å². The van der Waals surface area contributed by atoms with Gasteiger partial charge < -0.3 is 0 Å². The topological polar surface area (TPSA) is 45.8 Å². The highest BCUT2D eigenvalue weighted by molar-refractivity contribution is 7.02. The summed E-state index contributed by atoms with van der Waals surface area (Å²) >= 11 is 1.02. The minimum Gasteiger partial charge on any atom is -0.299 e. The van der Waals surface area contributed by atoms with E-state index in [9.17, 15) is 4.79 Å². The molecule has 0 saturated carbocycles. The number of nitrogens with zero attached hydrogens (tertiary/aromatic N) is 1. The standard InChI is InChI=1S/C10H18N2OS/c1-3-4-5-6-7-8(2)9-11-10(13)14-12-9/h8H,3-7H2,1-2H3,(H,11,12,13). The predicted molar refractivity (Wildman–Crippen MR) is 59.9 cm³/mol. The lowest BCUT2D eigenvalue weighted by Gasteiger charge is -2.06. The molecule has 0 spiro atoms. The molecule has 1 rings (SSSR count). The Balaban J connectivity index is 2.28. The second-order valence-corrected chi connectivity index (χ2v) is 4.47. The second kappa shape index (κ2) is 5.96. The van der Waals surface area contributed by atoms with Crippen molar-refractivity contribution in [1.29, 1.82) is 0 Å². The largest absolute Gasteiger partial charge is 0.323 e. The van der Waals surface area contributed by atoms with Crippen molar-refractivity contribution >= 4 is 11.5 Å². The number of aromatic nitrogens is 2. The first kappa shape index (κ1) is 11.4. The van der Waals surface area contributed by atoms with Gasteiger partial charge in [-0.05, 0) is 6.42 Å². The minimum absolute atomic E-state index is 0.0413. The van der Waals surface area contributed by atoms with Crippen molar-refractivity contribution in [2.24, 2.45) is 0 Å². The molecular formula is C10H18N2OS. The number of unbranched alkanes of at least 4 members (excludes halogenated alkanes) is 3. The Labute approximate surface area is 88.7 Å². The molecule has 1 atom stereocenters. The summed E-state index contributed by atoms with van der Waals surface area (Å²) in [7, 11) is 0. The number of H-pyrrole nitrogens is 1. The van der Waals surface area contributed by atoms with Crippen molar-refractivity contribution < 1.29 is 0 Å². The molecule has 0 aliphatic carbocycles. The van der Waals surface area contributed by atoms with Crippen LogP contribution in [0.25, 0.3) is 0 Å². The maximum Gasteiger partial charge on any atom is 0.323 e. The lowest BCUT2D eigenvalue weighted by Crippen LogP contribution is -2.00. The van der Waals surface area contributed by atoms with E-state index >= 15 is 0 Å². The summed E-state index contributed by atoms with van der Waals surface area (Å²) < 4.78 is 4.09. The Morgan fingerprint density at radius 3 is 2.79 bits per heavy atom. The van der Waals surface area contributed by atoms with Crippen LogP contribution in [0.1, 0.15) is 57.7 Å². The van der Waals surface area contributed by atoms with Crippen molar-refractivity contribution in [1.82, 2.24) is 9.36 Å². The van der Waals surface area contributed by atoms with Crippen molar-refractivity contribution in [2.75, 3.05) is 0 Å². The molecule has 1 aromatic heterocycles. The average molecular weight is 214 g/mol. The summed E-state index contributed by atoms with van der Waals surface area (Å²) in [5, 5.41) is 0. The van der Waals surface area contributed by atoms with E-state index in [-0.39, 0.29) is 4.87 Å². The van der Waals surface area contributed by atoms with Crippen LogP contribution >= 0.6 is 11.5 Å². The van der Waals surface area contributed by atoms with E-state index < -0.39 is 0 Å². The van der Waals surface area contributed by atoms with Gasteiger partial charge in [-0.25, -0.2) is 0 Å². The number of hydrogen-bond acceptors (Lipinski definition) is 3. The molecule has 1 N–H and O–H groups in total. The molecule has 14 heavy (non-hydrogen) atoms. The number of aromatic amines is 1. The molecule has 4 heteroatoms. The summed E-state index contributed by atoms with van der Waals surface area (Å²) in [6, 6.07) is 0. The molecule has 3 nitrogen and oxygen atoms in total. The van der Waals surface area contributed by atoms with Crippen LogP contribution in [0.2, 0.25) is 0 Å². The Bertz CT molecular complexity index is 305. The summed E-state index contributed by atoms with van der Waals surface area (Å²) in [6.07, 6.45) is 6.21. The van der Waals surface area contributed by atoms with Crippen LogP contribution in [0.15, 0.2) is 4.79 Å². The monoisotopic (exact) mass is 214 g/mol. The Hall–Kier alpha value is -0.640. The van der Waals surface area contributed by atoms with Gasteiger partial charge in [0.1, 0.15) is 5.82 Å². The van der Waals surface area contributed by atoms with Crippen LogP contribution in [0.3, 0.4) is 0 Å². The zero-order valence-electron chi connectivity index (χ0n) is 8.88. The summed E-state index contributed by atoms with van der Waals surface area (Å²) in [6.45, 7) is 4.33. The molecule has 1 heterocycles. The van der Waals surface area contributed by atoms with Gasteiger partial charge in [0.25, 0.3) is 0 Å². The summed E-state index contributed by atoms with van der Waals surface area (Å²) in [4.78, 5) is 13.6. The van der Waals surface area contributed by atoms with Gasteiger partial charge in [0.2, 0.25) is 0 Å². The molecule has 0 aliphatic heterocycles. The van der Waals surface area contributed by atoms with Crippen LogP contribution in [0, 0.1) is 0 Å². The summed E-state index contributed by atoms with van der Waals surface area (Å²) in [5.74, 6) is 1.25. The van der Waals surface area contributed by atoms with Crippen LogP contribution in [0.5, 0.6) is 0 Å². The Kier molecular flexibility index (Phi) is 4.87. The van der Waals surface area contributed by atoms with E-state index in [4.69, 9.17) is 0 Å². The number of nitrogens with one attached hydrogen (secondary N) is 1. The highest BCUT2D eigenvalue weighted by Gasteiger charge is 2.08. The Morgan fingerprint density at radius 1 is 1.43 bits per heavy atom. The summed E-state index contributed by atoms with van der Waals surface area (Å²) in [5.41, 5.74) is 0. The molecule has 0 bridgehead atoms. The molecule has 0 saturated heterocycles. The van der Waals surface area contributed by atoms with Crippen LogP contribution in [-0.4, -0.2) is 9.36 Å². The number of hydrogen-bond donors (Lipinski definition) is 1. The van der Waals surface area contributed by atoms with Gasteiger partial charge in [0.05, 0.1) is 0 Å². The molecule has 1 unspecified atom stereocenters. The SMILES string of the molecule is CCCCCCC(C)c1nsc(=O)[nH]1. The average Bonchev–Trinajstić information content (AvgIpc) is 2.59. The number of rotatable bonds is 6. The van der Waals surface area contributed by atoms with Crippen molar-refractivity contribution in [3.63, 3.8) is 0 Å². The van der Waals surface area contributed by atoms with Gasteiger partial charge in [-0.2, -0.15) is 4.37 Å². The first-order chi connectivity index (χ1) is 6.74. The quantitative estimate of drug-likeness (QED) is 0.740. The first-order valence-electron chi connectivity index (χ1n) is 5.30. The fraction of sp³-hybridized carbons (Fsp3) is 0.800. The molecule has 0 amide bonds. The molecule has 0 fully saturated rings. The lowest BCUT2D eigenvalue weighted by molar-refractivity contribution is 0.565. The molecular weight excluding hydrogens is 196 g/mol. The predicted octanol–water partition coefficient (Wildman–Crippen LogP) is 2.91. The van der Waals surface area contributed by atoms with Gasteiger partial charge in [-0.15, -0.1) is 0 Å². The van der Waals surface area contributed by atoms with Crippen LogP contribution in [-0.2, 0) is 0 Å². The third-order valence-corrected chi connectivity index (χ3v) is 2.97. The fourth-order valence-corrected chi connectivity index (χ4v) is 2.03. The molecule has 80 valence electrons. The van der Waals surface area contributed by atoms with E-state index in [1.165, 1.54) is 25.7 Å². The van der Waals surface area contributed by atoms with Crippen molar-refractivity contribution in [2.45, 2.75) is 51.9 Å². The van der Waals surface area contributed by atoms with Crippen LogP contribution < -0.4 is 4.87 Å². The van der Waals surface area contributed by atoms with E-state index in [2.05, 4.69) is 23.2 Å². The minimum atomic E-state index is -0.0413. The zero-order valence-corrected chi connectivity index (χ0v) is 9.69. The van der Waals surface area contributed by atoms with E-state index in [0.717, 1.165) is 23.8 Å². The maximum absolute atomic E-state index is 10.9. The molecule has 0 aromatic carbocycles. The highest BCUT2D eigenvalue weighted by Crippen LogP contribution is 2.18. The van der Waals surface area contributed by atoms with E-state index in [0.29, 0.717) is 5.92 Å². The zero-order chi connectivity index (χ0) is 10.4. The second-order valence-electron chi connectivity index (χ2n) is 3.73. The molecule has 0 aliphatic rings. The molecule has 0 radical (unpaired) electrons. The van der Waals surface area contributed by atoms with Gasteiger partial charge in [-0.3, -0.25) is 9.78 Å². The maximum atomic E-state index is 10.9. The first-order valence-corrected chi connectivity index (χ1v) is 6.07. The van der Waals surface area contributed by atoms with Gasteiger partial charge in [0.15, 0.2) is 0 Å². The normalized spacial score (nSPS) is 13.0. The lowest BCUT2D eigenvalue weighted by atomic mass is 10.0. The fourth-order valence-electron chi connectivity index (χ4n) is 1.47. The third kappa shape index (κ3) is 3.62. The van der Waals surface area contributed by atoms with Crippen molar-refractivity contribution in [3.8, 4) is 0 Å². The van der Waals surface area contributed by atoms with Crippen LogP contribution in [0.4, 0.5) is 0 Å². The third-order valence-electron chi connectivity index (χ3n) is 2.41. The smallest absolute Gasteiger partial charge is 0.299 e. The van der Waals surface area contributed by atoms with Gasteiger partial charge in [-0.1, -0.05) is 39.5 Å².